The van der Waals surface area contributed by atoms with E-state index in [0.29, 0.717) is 0 Å². The smallest absolute Gasteiger partial charge is 0.368 e. The van der Waals surface area contributed by atoms with E-state index < -0.39 is 27.1 Å². The predicted molar refractivity (Wildman–Crippen MR) is 43.9 cm³/mol. The second-order valence-electron chi connectivity index (χ2n) is 1.80. The van der Waals surface area contributed by atoms with Gasteiger partial charge in [-0.3, -0.25) is 0 Å². The Bertz CT molecular complexity index is 85.9. The summed E-state index contributed by atoms with van der Waals surface area (Å²) in [5.41, 5.74) is 0. The van der Waals surface area contributed by atoms with E-state index in [4.69, 9.17) is 57.5 Å². The Morgan fingerprint density at radius 1 is 0.267 bits per heavy atom. The lowest BCUT2D eigenvalue weighted by Gasteiger charge is -1.91. The summed E-state index contributed by atoms with van der Waals surface area (Å²) in [5, 5.41) is 0. The highest BCUT2D eigenvalue weighted by molar-refractivity contribution is 6.47. The minimum Gasteiger partial charge on any atom is -0.368 e. The van der Waals surface area contributed by atoms with E-state index >= 15 is 0 Å². The lowest BCUT2D eigenvalue weighted by Crippen LogP contribution is -2.33. The zero-order valence-electron chi connectivity index (χ0n) is 6.87. The summed E-state index contributed by atoms with van der Waals surface area (Å²) in [6.07, 6.45) is 0. The van der Waals surface area contributed by atoms with Gasteiger partial charge in [-0.25, -0.2) is 0 Å². The van der Waals surface area contributed by atoms with E-state index in [1.807, 2.05) is 0 Å². The molecule has 0 aliphatic rings. The molecule has 0 saturated carbocycles. The lowest BCUT2D eigenvalue weighted by molar-refractivity contribution is 0.115. The molecule has 0 bridgehead atoms. The minimum absolute atomic E-state index is 4.61. The average molecular weight is 288 g/mol. The van der Waals surface area contributed by atoms with E-state index in [1.165, 1.54) is 0 Å². The van der Waals surface area contributed by atoms with Crippen LogP contribution in [-0.4, -0.2) is 84.7 Å². The Morgan fingerprint density at radius 2 is 0.267 bits per heavy atom. The van der Waals surface area contributed by atoms with Crippen LogP contribution in [0.25, 0.3) is 0 Å². The molecular weight excluding hydrogens is 276 g/mol. The Morgan fingerprint density at radius 3 is 0.267 bits per heavy atom. The summed E-state index contributed by atoms with van der Waals surface area (Å²) >= 11 is 0. The summed E-state index contributed by atoms with van der Waals surface area (Å²) in [7, 11) is -13.8. The van der Waals surface area contributed by atoms with Crippen LogP contribution in [0, 0.1) is 0 Å². The molecule has 0 fully saturated rings. The molecule has 0 unspecified atom stereocenters. The third kappa shape index (κ3) is 72100. The van der Waals surface area contributed by atoms with Gasteiger partial charge in [0.15, 0.2) is 0 Å². The van der Waals surface area contributed by atoms with Gasteiger partial charge in [0.05, 0.1) is 0 Å². The Balaban J connectivity index is -0.000000144. The van der Waals surface area contributed by atoms with Gasteiger partial charge in [-0.15, -0.1) is 0 Å². The molecule has 0 aliphatic heterocycles. The normalized spacial score (nSPS) is 12.0. The molecule has 96 valence electrons. The van der Waals surface area contributed by atoms with Gasteiger partial charge in [0.1, 0.15) is 0 Å². The summed E-state index contributed by atoms with van der Waals surface area (Å²) in [6, 6.07) is 0. The first-order valence-corrected chi connectivity index (χ1v) is 8.05. The van der Waals surface area contributed by atoms with E-state index in [2.05, 4.69) is 0 Å². The first kappa shape index (κ1) is 20.6. The Hall–Kier alpha value is 0.171. The predicted octanol–water partition coefficient (Wildman–Crippen LogP) is -7.83. The van der Waals surface area contributed by atoms with Crippen LogP contribution in [0.3, 0.4) is 0 Å². The first-order chi connectivity index (χ1) is 6.00. The number of rotatable bonds is 0. The van der Waals surface area contributed by atoms with Crippen molar-refractivity contribution in [2.45, 2.75) is 0 Å². The summed E-state index contributed by atoms with van der Waals surface area (Å²) in [5.74, 6) is 0. The summed E-state index contributed by atoms with van der Waals surface area (Å²) < 4.78 is 0. The molecule has 15 heavy (non-hydrogen) atoms. The van der Waals surface area contributed by atoms with Crippen molar-refractivity contribution < 1.29 is 57.5 Å². The van der Waals surface area contributed by atoms with Gasteiger partial charge < -0.3 is 57.5 Å². The zero-order valence-corrected chi connectivity index (χ0v) is 9.87. The van der Waals surface area contributed by atoms with E-state index in [1.54, 1.807) is 0 Å². The minimum atomic E-state index is -4.61. The van der Waals surface area contributed by atoms with E-state index in [-0.39, 0.29) is 0 Å². The molecule has 0 rings (SSSR count). The van der Waals surface area contributed by atoms with Crippen molar-refractivity contribution in [3.05, 3.63) is 0 Å². The molecule has 12 nitrogen and oxygen atoms in total. The third-order valence-electron chi connectivity index (χ3n) is 0. The maximum atomic E-state index is 7.33. The van der Waals surface area contributed by atoms with Crippen molar-refractivity contribution in [3.63, 3.8) is 0 Å². The molecule has 0 radical (unpaired) electrons. The van der Waals surface area contributed by atoms with Crippen LogP contribution in [0.4, 0.5) is 0 Å². The van der Waals surface area contributed by atoms with Gasteiger partial charge in [-0.1, -0.05) is 0 Å². The van der Waals surface area contributed by atoms with Gasteiger partial charge in [0.25, 0.3) is 0 Å². The molecule has 0 spiro atoms. The second-order valence-corrected chi connectivity index (χ2v) is 5.40. The molecule has 0 atom stereocenters. The molecule has 0 aromatic carbocycles. The van der Waals surface area contributed by atoms with Crippen LogP contribution in [-0.2, 0) is 0 Å². The van der Waals surface area contributed by atoms with Gasteiger partial charge in [0, 0.05) is 0 Å². The third-order valence-corrected chi connectivity index (χ3v) is 0. The van der Waals surface area contributed by atoms with Crippen molar-refractivity contribution in [2.75, 3.05) is 0 Å². The molecule has 12 N–H and O–H groups in total. The SMILES string of the molecule is O[Si](O)(O)O.O[Si](O)(O)O.O[Si](O)(O)O. The largest absolute Gasteiger partial charge is 0.668 e. The second kappa shape index (κ2) is 7.44. The lowest BCUT2D eigenvalue weighted by atomic mass is 15.7. The van der Waals surface area contributed by atoms with Crippen LogP contribution in [0.1, 0.15) is 0 Å². The van der Waals surface area contributed by atoms with Gasteiger partial charge in [0.2, 0.25) is 0 Å². The monoisotopic (exact) mass is 288 g/mol. The molecule has 0 aromatic heterocycles. The quantitative estimate of drug-likeness (QED) is 0.186. The van der Waals surface area contributed by atoms with Gasteiger partial charge in [-0.2, -0.15) is 0 Å². The highest BCUT2D eigenvalue weighted by atomic mass is 28.4. The van der Waals surface area contributed by atoms with Crippen LogP contribution in [0.2, 0.25) is 0 Å². The van der Waals surface area contributed by atoms with Crippen LogP contribution < -0.4 is 0 Å². The van der Waals surface area contributed by atoms with Crippen molar-refractivity contribution in [2.24, 2.45) is 0 Å². The molecule has 0 saturated heterocycles. The Labute approximate surface area is 85.5 Å². The van der Waals surface area contributed by atoms with Crippen LogP contribution in [0.5, 0.6) is 0 Å². The highest BCUT2D eigenvalue weighted by Gasteiger charge is 2.23. The summed E-state index contributed by atoms with van der Waals surface area (Å²) in [6.45, 7) is 0. The fourth-order valence-electron chi connectivity index (χ4n) is 0. The fourth-order valence-corrected chi connectivity index (χ4v) is 0. The van der Waals surface area contributed by atoms with Crippen molar-refractivity contribution in [1.29, 1.82) is 0 Å². The van der Waals surface area contributed by atoms with Crippen molar-refractivity contribution in [1.82, 2.24) is 0 Å². The molecule has 0 aliphatic carbocycles. The first-order valence-electron chi connectivity index (χ1n) is 2.68. The van der Waals surface area contributed by atoms with Crippen molar-refractivity contribution in [3.8, 4) is 0 Å². The molecule has 15 heteroatoms. The molecule has 0 heterocycles. The van der Waals surface area contributed by atoms with E-state index in [0.717, 1.165) is 0 Å². The van der Waals surface area contributed by atoms with Gasteiger partial charge in [-0.05, 0) is 0 Å². The molecule has 0 aromatic rings. The van der Waals surface area contributed by atoms with Crippen molar-refractivity contribution >= 4 is 27.1 Å². The average Bonchev–Trinajstić information content (AvgIpc) is 1.41. The molecular formula is H12O12Si3. The maximum absolute atomic E-state index is 7.33. The molecule has 0 amide bonds. The van der Waals surface area contributed by atoms with Crippen LogP contribution in [0.15, 0.2) is 0 Å². The maximum Gasteiger partial charge on any atom is 0.668 e. The van der Waals surface area contributed by atoms with E-state index in [9.17, 15) is 0 Å². The topological polar surface area (TPSA) is 243 Å². The number of hydrogen-bond acceptors (Lipinski definition) is 12. The standard InChI is InChI=1S/3H4O4Si/c3*1-5(2,3)4/h3*1-4H. The fraction of sp³-hybridized carbons (Fsp3) is 0. The zero-order chi connectivity index (χ0) is 13.5. The summed E-state index contributed by atoms with van der Waals surface area (Å²) in [4.78, 5) is 87.9. The number of hydrogen-bond donors (Lipinski definition) is 12. The Kier molecular flexibility index (Phi) is 10.2. The highest BCUT2D eigenvalue weighted by Crippen LogP contribution is 1.68. The van der Waals surface area contributed by atoms with Crippen LogP contribution >= 0.6 is 0 Å². The van der Waals surface area contributed by atoms with Gasteiger partial charge >= 0.3 is 27.1 Å².